The number of halogens is 3. The molecular formula is C34H40Cl3N3O4S. The molecule has 0 saturated heterocycles. The number of benzene rings is 3. The highest BCUT2D eigenvalue weighted by atomic mass is 35.5. The van der Waals surface area contributed by atoms with Gasteiger partial charge < -0.3 is 10.2 Å². The Bertz CT molecular complexity index is 1560. The molecule has 1 aliphatic rings. The maximum atomic E-state index is 14.2. The van der Waals surface area contributed by atoms with Crippen LogP contribution in [0.25, 0.3) is 0 Å². The lowest BCUT2D eigenvalue weighted by molar-refractivity contribution is -0.141. The Morgan fingerprint density at radius 3 is 2.16 bits per heavy atom. The number of carbonyl (C=O) groups is 2. The van der Waals surface area contributed by atoms with Crippen LogP contribution < -0.4 is 9.62 Å². The molecule has 1 fully saturated rings. The van der Waals surface area contributed by atoms with Crippen LogP contribution in [0.2, 0.25) is 15.1 Å². The predicted molar refractivity (Wildman–Crippen MR) is 184 cm³/mol. The first-order valence-electron chi connectivity index (χ1n) is 15.2. The maximum Gasteiger partial charge on any atom is 0.243 e. The Morgan fingerprint density at radius 1 is 0.889 bits per heavy atom. The van der Waals surface area contributed by atoms with Crippen LogP contribution in [0.1, 0.15) is 61.6 Å². The van der Waals surface area contributed by atoms with E-state index in [-0.39, 0.29) is 43.8 Å². The molecule has 1 aliphatic carbocycles. The topological polar surface area (TPSA) is 86.8 Å². The Labute approximate surface area is 281 Å². The van der Waals surface area contributed by atoms with E-state index in [0.29, 0.717) is 38.3 Å². The van der Waals surface area contributed by atoms with Crippen molar-refractivity contribution < 1.29 is 18.0 Å². The van der Waals surface area contributed by atoms with Crippen LogP contribution in [-0.2, 0) is 32.6 Å². The summed E-state index contributed by atoms with van der Waals surface area (Å²) in [5, 5.41) is 4.46. The zero-order chi connectivity index (χ0) is 32.6. The second-order valence-corrected chi connectivity index (χ2v) is 14.7. The second-order valence-electron chi connectivity index (χ2n) is 11.6. The van der Waals surface area contributed by atoms with Gasteiger partial charge in [-0.2, -0.15) is 0 Å². The highest BCUT2D eigenvalue weighted by Gasteiger charge is 2.33. The molecule has 1 atom stereocenters. The van der Waals surface area contributed by atoms with Gasteiger partial charge in [-0.05, 0) is 61.6 Å². The van der Waals surface area contributed by atoms with Gasteiger partial charge in [-0.25, -0.2) is 8.42 Å². The van der Waals surface area contributed by atoms with Crippen LogP contribution in [0, 0.1) is 6.92 Å². The van der Waals surface area contributed by atoms with Gasteiger partial charge >= 0.3 is 0 Å². The third kappa shape index (κ3) is 9.61. The van der Waals surface area contributed by atoms with Gasteiger partial charge in [0.25, 0.3) is 0 Å². The Hall–Kier alpha value is -2.78. The van der Waals surface area contributed by atoms with Crippen molar-refractivity contribution in [3.8, 4) is 0 Å². The molecule has 0 bridgehead atoms. The molecule has 1 saturated carbocycles. The van der Waals surface area contributed by atoms with Crippen LogP contribution >= 0.6 is 34.8 Å². The van der Waals surface area contributed by atoms with Crippen LogP contribution in [-0.4, -0.2) is 50.0 Å². The molecule has 7 nitrogen and oxygen atoms in total. The normalized spacial score (nSPS) is 14.5. The summed E-state index contributed by atoms with van der Waals surface area (Å²) in [4.78, 5) is 29.7. The average Bonchev–Trinajstić information content (AvgIpc) is 3.00. The van der Waals surface area contributed by atoms with Gasteiger partial charge in [0, 0.05) is 52.6 Å². The minimum atomic E-state index is -3.67. The minimum absolute atomic E-state index is 0.00426. The molecule has 242 valence electrons. The van der Waals surface area contributed by atoms with Crippen molar-refractivity contribution in [3.63, 3.8) is 0 Å². The third-order valence-corrected chi connectivity index (χ3v) is 10.6. The zero-order valence-corrected chi connectivity index (χ0v) is 28.7. The lowest BCUT2D eigenvalue weighted by atomic mass is 9.94. The number of carbonyl (C=O) groups excluding carboxylic acids is 2. The molecule has 0 spiro atoms. The third-order valence-electron chi connectivity index (χ3n) is 8.27. The van der Waals surface area contributed by atoms with Gasteiger partial charge in [0.15, 0.2) is 0 Å². The van der Waals surface area contributed by atoms with E-state index in [4.69, 9.17) is 34.8 Å². The molecule has 3 aromatic rings. The van der Waals surface area contributed by atoms with Crippen molar-refractivity contribution in [1.82, 2.24) is 10.2 Å². The first-order chi connectivity index (χ1) is 21.5. The summed E-state index contributed by atoms with van der Waals surface area (Å²) in [6.07, 6.45) is 6.69. The molecule has 1 N–H and O–H groups in total. The van der Waals surface area contributed by atoms with E-state index in [0.717, 1.165) is 43.9 Å². The van der Waals surface area contributed by atoms with E-state index in [2.05, 4.69) is 5.32 Å². The molecule has 3 aromatic carbocycles. The van der Waals surface area contributed by atoms with Crippen molar-refractivity contribution in [1.29, 1.82) is 0 Å². The number of rotatable bonds is 13. The number of sulfonamides is 1. The summed E-state index contributed by atoms with van der Waals surface area (Å²) in [7, 11) is -3.67. The Morgan fingerprint density at radius 2 is 1.51 bits per heavy atom. The summed E-state index contributed by atoms with van der Waals surface area (Å²) in [6.45, 7) is 1.84. The van der Waals surface area contributed by atoms with E-state index in [1.54, 1.807) is 48.2 Å². The van der Waals surface area contributed by atoms with Crippen molar-refractivity contribution in [2.75, 3.05) is 17.1 Å². The van der Waals surface area contributed by atoms with E-state index in [9.17, 15) is 18.0 Å². The SMILES string of the molecule is Cc1c(Cl)cccc1N(CCCC(=O)N(Cc1c(Cl)cccc1Cl)C(Cc1ccccc1)C(=O)NC1CCCCC1)S(C)(=O)=O. The van der Waals surface area contributed by atoms with Crippen molar-refractivity contribution in [3.05, 3.63) is 98.5 Å². The van der Waals surface area contributed by atoms with Gasteiger partial charge in [0.2, 0.25) is 21.8 Å². The largest absolute Gasteiger partial charge is 0.352 e. The molecule has 1 unspecified atom stereocenters. The fraction of sp³-hybridized carbons (Fsp3) is 0.412. The van der Waals surface area contributed by atoms with Crippen molar-refractivity contribution in [2.24, 2.45) is 0 Å². The van der Waals surface area contributed by atoms with Crippen molar-refractivity contribution >= 4 is 62.3 Å². The summed E-state index contributed by atoms with van der Waals surface area (Å²) in [6, 6.07) is 19.0. The summed E-state index contributed by atoms with van der Waals surface area (Å²) in [5.74, 6) is -0.531. The standard InChI is InChI=1S/C34H40Cl3N3O4S/c1-24-28(35)16-10-19-31(24)40(45(2,43)44)21-11-20-33(41)39(23-27-29(36)17-9-18-30(27)37)32(22-25-12-5-3-6-13-25)34(42)38-26-14-7-4-8-15-26/h3,5-6,9-10,12-13,16-19,26,32H,4,7-8,11,14-15,20-23H2,1-2H3,(H,38,42). The van der Waals surface area contributed by atoms with Gasteiger partial charge in [-0.3, -0.25) is 13.9 Å². The zero-order valence-electron chi connectivity index (χ0n) is 25.6. The lowest BCUT2D eigenvalue weighted by Crippen LogP contribution is -2.53. The minimum Gasteiger partial charge on any atom is -0.352 e. The average molecular weight is 693 g/mol. The number of anilines is 1. The van der Waals surface area contributed by atoms with E-state index in [1.165, 1.54) is 4.31 Å². The van der Waals surface area contributed by atoms with Gasteiger partial charge in [-0.1, -0.05) is 96.5 Å². The number of nitrogens with zero attached hydrogens (tertiary/aromatic N) is 2. The lowest BCUT2D eigenvalue weighted by Gasteiger charge is -2.34. The monoisotopic (exact) mass is 691 g/mol. The summed E-state index contributed by atoms with van der Waals surface area (Å²) in [5.41, 5.74) is 2.55. The summed E-state index contributed by atoms with van der Waals surface area (Å²) < 4.78 is 26.9. The van der Waals surface area contributed by atoms with Gasteiger partial charge in [0.05, 0.1) is 11.9 Å². The Kier molecular flexibility index (Phi) is 12.6. The number of hydrogen-bond acceptors (Lipinski definition) is 4. The fourth-order valence-corrected chi connectivity index (χ4v) is 7.50. The Balaban J connectivity index is 1.64. The molecule has 45 heavy (non-hydrogen) atoms. The molecular weight excluding hydrogens is 653 g/mol. The van der Waals surface area contributed by atoms with E-state index in [1.807, 2.05) is 30.3 Å². The highest BCUT2D eigenvalue weighted by Crippen LogP contribution is 2.30. The van der Waals surface area contributed by atoms with Crippen LogP contribution in [0.5, 0.6) is 0 Å². The number of hydrogen-bond donors (Lipinski definition) is 1. The summed E-state index contributed by atoms with van der Waals surface area (Å²) >= 11 is 19.4. The molecule has 0 radical (unpaired) electrons. The van der Waals surface area contributed by atoms with E-state index < -0.39 is 16.1 Å². The number of amides is 2. The molecule has 0 heterocycles. The second kappa shape index (κ2) is 16.2. The first kappa shape index (κ1) is 35.1. The number of nitrogens with one attached hydrogen (secondary N) is 1. The van der Waals surface area contributed by atoms with Crippen LogP contribution in [0.15, 0.2) is 66.7 Å². The quantitative estimate of drug-likeness (QED) is 0.200. The molecule has 0 aliphatic heterocycles. The smallest absolute Gasteiger partial charge is 0.243 e. The highest BCUT2D eigenvalue weighted by molar-refractivity contribution is 7.92. The van der Waals surface area contributed by atoms with Crippen LogP contribution in [0.4, 0.5) is 5.69 Å². The molecule has 2 amide bonds. The van der Waals surface area contributed by atoms with Gasteiger partial charge in [0.1, 0.15) is 6.04 Å². The van der Waals surface area contributed by atoms with Crippen LogP contribution in [0.3, 0.4) is 0 Å². The fourth-order valence-electron chi connectivity index (χ4n) is 5.80. The van der Waals surface area contributed by atoms with Gasteiger partial charge in [-0.15, -0.1) is 0 Å². The van der Waals surface area contributed by atoms with E-state index >= 15 is 0 Å². The molecule has 4 rings (SSSR count). The first-order valence-corrected chi connectivity index (χ1v) is 18.2. The van der Waals surface area contributed by atoms with Crippen molar-refractivity contribution in [2.45, 2.75) is 76.9 Å². The molecule has 11 heteroatoms. The maximum absolute atomic E-state index is 14.2. The molecule has 0 aromatic heterocycles. The predicted octanol–water partition coefficient (Wildman–Crippen LogP) is 7.59.